The summed E-state index contributed by atoms with van der Waals surface area (Å²) in [5.74, 6) is -4.82. The van der Waals surface area contributed by atoms with Crippen molar-refractivity contribution in [2.24, 2.45) is 5.73 Å². The normalized spacial score (nSPS) is 26.6. The van der Waals surface area contributed by atoms with E-state index < -0.39 is 102 Å². The lowest BCUT2D eigenvalue weighted by atomic mass is 9.72. The van der Waals surface area contributed by atoms with E-state index in [1.54, 1.807) is 6.92 Å². The maximum absolute atomic E-state index is 13.8. The standard InChI is InChI=1S/C33H37NO13/c1-14(35)6-4-9-22(37)45-13-21(36)33(43)11-17-25(20(12-33)47-23-10-18(34)28(38)15(2)46-23)32(42)27-26(30(17)40)29(39)16-7-5-8-19(44-3)24(16)31(27)41/h5,7-8,15,18,20,23,28,38,40,42-43H,4,6,9-13,34H2,1-3H3/t15?,18?,20-,23?,28?,33-/m0/s1. The van der Waals surface area contributed by atoms with Crippen molar-refractivity contribution < 1.29 is 63.3 Å². The van der Waals surface area contributed by atoms with E-state index in [1.165, 1.54) is 32.2 Å². The van der Waals surface area contributed by atoms with Crippen LogP contribution in [0.1, 0.15) is 95.0 Å². The highest BCUT2D eigenvalue weighted by Gasteiger charge is 2.50. The summed E-state index contributed by atoms with van der Waals surface area (Å²) in [4.78, 5) is 64.3. The average Bonchev–Trinajstić information content (AvgIpc) is 3.02. The van der Waals surface area contributed by atoms with Gasteiger partial charge >= 0.3 is 5.97 Å². The van der Waals surface area contributed by atoms with Crippen LogP contribution in [-0.4, -0.2) is 93.4 Å². The number of ketones is 4. The summed E-state index contributed by atoms with van der Waals surface area (Å²) in [7, 11) is 1.31. The number of Topliss-reactive ketones (excluding diaryl/α,β-unsaturated/α-hetero) is 2. The maximum Gasteiger partial charge on any atom is 0.306 e. The summed E-state index contributed by atoms with van der Waals surface area (Å²) >= 11 is 0. The number of aliphatic hydroxyl groups excluding tert-OH is 1. The average molecular weight is 656 g/mol. The highest BCUT2D eigenvalue weighted by molar-refractivity contribution is 6.31. The summed E-state index contributed by atoms with van der Waals surface area (Å²) < 4.78 is 22.2. The van der Waals surface area contributed by atoms with Gasteiger partial charge in [0.25, 0.3) is 0 Å². The number of rotatable bonds is 10. The molecule has 47 heavy (non-hydrogen) atoms. The van der Waals surface area contributed by atoms with Crippen molar-refractivity contribution in [2.75, 3.05) is 13.7 Å². The number of phenolic OH excluding ortho intramolecular Hbond substituents is 2. The summed E-state index contributed by atoms with van der Waals surface area (Å²) in [5.41, 5.74) is 2.11. The molecule has 6 N–H and O–H groups in total. The van der Waals surface area contributed by atoms with Crippen LogP contribution >= 0.6 is 0 Å². The first-order valence-corrected chi connectivity index (χ1v) is 15.2. The molecule has 1 heterocycles. The predicted octanol–water partition coefficient (Wildman–Crippen LogP) is 1.31. The van der Waals surface area contributed by atoms with Crippen LogP contribution in [0.5, 0.6) is 17.2 Å². The lowest BCUT2D eigenvalue weighted by molar-refractivity contribution is -0.247. The molecule has 252 valence electrons. The number of methoxy groups -OCH3 is 1. The first kappa shape index (κ1) is 34.1. The van der Waals surface area contributed by atoms with Crippen molar-refractivity contribution >= 4 is 29.1 Å². The molecule has 6 atom stereocenters. The van der Waals surface area contributed by atoms with Crippen LogP contribution in [0.3, 0.4) is 0 Å². The van der Waals surface area contributed by atoms with Crippen LogP contribution in [0.15, 0.2) is 18.2 Å². The number of hydrogen-bond acceptors (Lipinski definition) is 14. The molecule has 0 saturated carbocycles. The molecule has 4 unspecified atom stereocenters. The molecule has 0 spiro atoms. The quantitative estimate of drug-likeness (QED) is 0.153. The molecular weight excluding hydrogens is 618 g/mol. The fourth-order valence-corrected chi connectivity index (χ4v) is 6.44. The van der Waals surface area contributed by atoms with E-state index in [2.05, 4.69) is 0 Å². The SMILES string of the molecule is COc1cccc2c1C(=O)c1c(O)c3c(c(O)c1C2=O)C[C@@](O)(C(=O)COC(=O)CCCC(C)=O)C[C@@H]3OC1CC(N)C(O)C(C)O1. The molecule has 0 aromatic heterocycles. The van der Waals surface area contributed by atoms with Crippen molar-refractivity contribution in [1.82, 2.24) is 0 Å². The van der Waals surface area contributed by atoms with Gasteiger partial charge in [0.05, 0.1) is 42.1 Å². The number of ether oxygens (including phenoxy) is 4. The number of fused-ring (bicyclic) bond motifs is 3. The highest BCUT2D eigenvalue weighted by Crippen LogP contribution is 2.52. The van der Waals surface area contributed by atoms with E-state index in [-0.39, 0.29) is 59.5 Å². The van der Waals surface area contributed by atoms with Crippen LogP contribution in [0.2, 0.25) is 0 Å². The summed E-state index contributed by atoms with van der Waals surface area (Å²) in [6, 6.07) is 3.55. The van der Waals surface area contributed by atoms with Crippen LogP contribution in [0.25, 0.3) is 0 Å². The molecular formula is C33H37NO13. The molecule has 5 rings (SSSR count). The first-order valence-electron chi connectivity index (χ1n) is 15.2. The smallest absolute Gasteiger partial charge is 0.306 e. The maximum atomic E-state index is 13.8. The van der Waals surface area contributed by atoms with Gasteiger partial charge in [-0.2, -0.15) is 0 Å². The van der Waals surface area contributed by atoms with E-state index in [4.69, 9.17) is 24.7 Å². The Hall–Kier alpha value is -4.21. The van der Waals surface area contributed by atoms with E-state index in [1.807, 2.05) is 0 Å². The minimum Gasteiger partial charge on any atom is -0.507 e. The Bertz CT molecular complexity index is 1640. The van der Waals surface area contributed by atoms with Crippen molar-refractivity contribution in [3.05, 3.63) is 51.6 Å². The van der Waals surface area contributed by atoms with Gasteiger partial charge in [-0.25, -0.2) is 0 Å². The second kappa shape index (κ2) is 13.1. The summed E-state index contributed by atoms with van der Waals surface area (Å²) in [6.45, 7) is 2.09. The molecule has 2 aromatic carbocycles. The van der Waals surface area contributed by atoms with Gasteiger partial charge in [0.1, 0.15) is 28.6 Å². The van der Waals surface area contributed by atoms with E-state index in [0.717, 1.165) is 0 Å². The van der Waals surface area contributed by atoms with Crippen LogP contribution in [-0.2, 0) is 35.0 Å². The number of aromatic hydroxyl groups is 2. The topological polar surface area (TPSA) is 229 Å². The van der Waals surface area contributed by atoms with Gasteiger partial charge in [-0.1, -0.05) is 12.1 Å². The van der Waals surface area contributed by atoms with Crippen molar-refractivity contribution in [3.8, 4) is 17.2 Å². The Morgan fingerprint density at radius 2 is 1.77 bits per heavy atom. The molecule has 14 nitrogen and oxygen atoms in total. The van der Waals surface area contributed by atoms with E-state index in [0.29, 0.717) is 0 Å². The second-order valence-corrected chi connectivity index (χ2v) is 12.2. The Morgan fingerprint density at radius 3 is 2.43 bits per heavy atom. The largest absolute Gasteiger partial charge is 0.507 e. The number of esters is 1. The van der Waals surface area contributed by atoms with Gasteiger partial charge in [-0.05, 0) is 26.3 Å². The second-order valence-electron chi connectivity index (χ2n) is 12.2. The molecule has 2 aromatic rings. The molecule has 14 heteroatoms. The fourth-order valence-electron chi connectivity index (χ4n) is 6.44. The third kappa shape index (κ3) is 6.26. The van der Waals surface area contributed by atoms with Crippen molar-refractivity contribution in [2.45, 2.75) is 88.6 Å². The Balaban J connectivity index is 1.55. The van der Waals surface area contributed by atoms with Crippen LogP contribution in [0, 0.1) is 0 Å². The monoisotopic (exact) mass is 655 g/mol. The molecule has 3 aliphatic rings. The number of phenols is 2. The highest BCUT2D eigenvalue weighted by atomic mass is 16.7. The Labute approximate surface area is 269 Å². The van der Waals surface area contributed by atoms with Gasteiger partial charge in [0.2, 0.25) is 11.6 Å². The molecule has 1 fully saturated rings. The molecule has 0 bridgehead atoms. The van der Waals surface area contributed by atoms with Gasteiger partial charge < -0.3 is 49.9 Å². The fraction of sp³-hybridized carbons (Fsp3) is 0.485. The number of nitrogens with two attached hydrogens (primary N) is 1. The number of hydrogen-bond donors (Lipinski definition) is 5. The van der Waals surface area contributed by atoms with Gasteiger partial charge in [0.15, 0.2) is 18.7 Å². The third-order valence-corrected chi connectivity index (χ3v) is 8.94. The zero-order valence-electron chi connectivity index (χ0n) is 26.1. The van der Waals surface area contributed by atoms with Gasteiger partial charge in [-0.15, -0.1) is 0 Å². The van der Waals surface area contributed by atoms with Crippen molar-refractivity contribution in [1.29, 1.82) is 0 Å². The molecule has 1 aliphatic heterocycles. The Morgan fingerprint density at radius 1 is 1.06 bits per heavy atom. The van der Waals surface area contributed by atoms with E-state index in [9.17, 15) is 44.4 Å². The molecule has 0 amide bonds. The Kier molecular flexibility index (Phi) is 9.53. The summed E-state index contributed by atoms with van der Waals surface area (Å²) in [5, 5.41) is 45.2. The molecule has 1 saturated heterocycles. The number of aliphatic hydroxyl groups is 2. The minimum atomic E-state index is -2.35. The van der Waals surface area contributed by atoms with Crippen molar-refractivity contribution in [3.63, 3.8) is 0 Å². The van der Waals surface area contributed by atoms with Gasteiger partial charge in [0, 0.05) is 54.8 Å². The van der Waals surface area contributed by atoms with Gasteiger partial charge in [-0.3, -0.25) is 19.2 Å². The number of carbonyl (C=O) groups excluding carboxylic acids is 5. The number of benzene rings is 2. The molecule has 0 radical (unpaired) electrons. The lowest BCUT2D eigenvalue weighted by Crippen LogP contribution is -2.53. The van der Waals surface area contributed by atoms with Crippen LogP contribution < -0.4 is 10.5 Å². The molecule has 2 aliphatic carbocycles. The summed E-state index contributed by atoms with van der Waals surface area (Å²) in [6.07, 6.45) is -5.30. The minimum absolute atomic E-state index is 0.0265. The third-order valence-electron chi connectivity index (χ3n) is 8.94. The lowest BCUT2D eigenvalue weighted by Gasteiger charge is -2.42. The first-order chi connectivity index (χ1) is 22.2. The zero-order valence-corrected chi connectivity index (χ0v) is 26.1. The zero-order chi connectivity index (χ0) is 34.4. The number of carbonyl (C=O) groups is 5. The van der Waals surface area contributed by atoms with Crippen LogP contribution in [0.4, 0.5) is 0 Å². The predicted molar refractivity (Wildman–Crippen MR) is 160 cm³/mol. The van der Waals surface area contributed by atoms with E-state index >= 15 is 0 Å².